The number of benzene rings is 3. The third-order valence-corrected chi connectivity index (χ3v) is 5.59. The van der Waals surface area contributed by atoms with E-state index in [-0.39, 0.29) is 0 Å². The lowest BCUT2D eigenvalue weighted by Gasteiger charge is -2.17. The number of halogens is 2. The van der Waals surface area contributed by atoms with Gasteiger partial charge in [0.25, 0.3) is 5.56 Å². The summed E-state index contributed by atoms with van der Waals surface area (Å²) < 4.78 is 7.12. The lowest BCUT2D eigenvalue weighted by molar-refractivity contribution is 0.522. The van der Waals surface area contributed by atoms with Crippen LogP contribution in [0.3, 0.4) is 0 Å². The fraction of sp³-hybridized carbons (Fsp3) is 0.0435. The molecule has 32 heavy (non-hydrogen) atoms. The van der Waals surface area contributed by atoms with Crippen molar-refractivity contribution in [2.75, 3.05) is 0 Å². The third-order valence-electron chi connectivity index (χ3n) is 5.01. The van der Waals surface area contributed by atoms with Crippen LogP contribution in [-0.2, 0) is 0 Å². The van der Waals surface area contributed by atoms with Crippen LogP contribution in [0.5, 0.6) is 0 Å². The van der Waals surface area contributed by atoms with Gasteiger partial charge in [-0.15, -0.1) is 0 Å². The number of rotatable bonds is 4. The summed E-state index contributed by atoms with van der Waals surface area (Å²) in [6.45, 7) is 0. The zero-order chi connectivity index (χ0) is 22.2. The first-order valence-corrected chi connectivity index (χ1v) is 10.3. The Morgan fingerprint density at radius 1 is 0.969 bits per heavy atom. The minimum atomic E-state index is -0.658. The van der Waals surface area contributed by atoms with Crippen LogP contribution in [0.4, 0.5) is 0 Å². The van der Waals surface area contributed by atoms with Crippen LogP contribution in [0.25, 0.3) is 16.8 Å². The number of nitrogens with zero attached hydrogens (tertiary/aromatic N) is 3. The van der Waals surface area contributed by atoms with Crippen molar-refractivity contribution in [3.8, 4) is 5.69 Å². The number of fused-ring (bicyclic) bond motifs is 1. The molecule has 9 heteroatoms. The van der Waals surface area contributed by atoms with Gasteiger partial charge < -0.3 is 4.42 Å². The zero-order valence-corrected chi connectivity index (χ0v) is 17.8. The predicted octanol–water partition coefficient (Wildman–Crippen LogP) is 4.55. The Bertz CT molecular complexity index is 1520. The average molecular weight is 465 g/mol. The smallest absolute Gasteiger partial charge is 0.349 e. The van der Waals surface area contributed by atoms with E-state index in [4.69, 9.17) is 27.6 Å². The van der Waals surface area contributed by atoms with E-state index < -0.39 is 17.2 Å². The maximum atomic E-state index is 12.1. The highest BCUT2D eigenvalue weighted by Gasteiger charge is 2.25. The van der Waals surface area contributed by atoms with Gasteiger partial charge in [-0.25, -0.2) is 9.78 Å². The minimum absolute atomic E-state index is 0.379. The Kier molecular flexibility index (Phi) is 5.13. The summed E-state index contributed by atoms with van der Waals surface area (Å²) >= 11 is 12.8. The topological polar surface area (TPSA) is 93.8 Å². The fourth-order valence-electron chi connectivity index (χ4n) is 3.54. The summed E-state index contributed by atoms with van der Waals surface area (Å²) in [5, 5.41) is 4.86. The molecule has 0 aliphatic carbocycles. The van der Waals surface area contributed by atoms with Crippen LogP contribution < -0.4 is 11.2 Å². The number of para-hydroxylation sites is 2. The summed E-state index contributed by atoms with van der Waals surface area (Å²) in [6.07, 6.45) is 1.03. The molecule has 3 aromatic carbocycles. The summed E-state index contributed by atoms with van der Waals surface area (Å²) in [7, 11) is 0. The van der Waals surface area contributed by atoms with Crippen LogP contribution >= 0.6 is 23.2 Å². The molecule has 7 nitrogen and oxygen atoms in total. The van der Waals surface area contributed by atoms with E-state index in [1.165, 1.54) is 0 Å². The van der Waals surface area contributed by atoms with Gasteiger partial charge in [0.1, 0.15) is 11.7 Å². The van der Waals surface area contributed by atoms with E-state index in [9.17, 15) is 9.59 Å². The van der Waals surface area contributed by atoms with Crippen LogP contribution in [0.2, 0.25) is 10.0 Å². The van der Waals surface area contributed by atoms with Crippen molar-refractivity contribution in [2.24, 2.45) is 0 Å². The van der Waals surface area contributed by atoms with Gasteiger partial charge in [0, 0.05) is 10.0 Å². The summed E-state index contributed by atoms with van der Waals surface area (Å²) in [5.41, 5.74) is 2.18. The standard InChI is InChI=1S/C23H14Cl2N4O3/c24-14-7-5-13(6-8-14)21(22-27-18-3-1-2-4-19(18)32-22)16-10-9-15(11-17(16)25)29-23(31)28-20(30)12-26-29/h1-12,21H,(H,28,30,31). The zero-order valence-electron chi connectivity index (χ0n) is 16.3. The Labute approximate surface area is 190 Å². The van der Waals surface area contributed by atoms with Gasteiger partial charge in [-0.1, -0.05) is 53.5 Å². The van der Waals surface area contributed by atoms with Crippen LogP contribution in [0.1, 0.15) is 22.9 Å². The summed E-state index contributed by atoms with van der Waals surface area (Å²) in [6, 6.07) is 19.9. The van der Waals surface area contributed by atoms with Gasteiger partial charge in [-0.05, 0) is 47.5 Å². The molecular formula is C23H14Cl2N4O3. The average Bonchev–Trinajstić information content (AvgIpc) is 3.20. The molecule has 5 rings (SSSR count). The molecule has 0 saturated carbocycles. The molecule has 1 atom stereocenters. The van der Waals surface area contributed by atoms with Crippen LogP contribution in [0, 0.1) is 0 Å². The minimum Gasteiger partial charge on any atom is -0.440 e. The van der Waals surface area contributed by atoms with Gasteiger partial charge in [0.15, 0.2) is 5.58 Å². The molecule has 0 bridgehead atoms. The van der Waals surface area contributed by atoms with E-state index in [1.807, 2.05) is 36.4 Å². The van der Waals surface area contributed by atoms with E-state index in [1.54, 1.807) is 30.3 Å². The van der Waals surface area contributed by atoms with Gasteiger partial charge in [0.05, 0.1) is 11.6 Å². The molecule has 1 unspecified atom stereocenters. The number of hydrogen-bond acceptors (Lipinski definition) is 5. The van der Waals surface area contributed by atoms with Crippen molar-refractivity contribution < 1.29 is 4.42 Å². The number of aromatic nitrogens is 4. The van der Waals surface area contributed by atoms with Crippen molar-refractivity contribution in [3.05, 3.63) is 121 Å². The number of nitrogens with one attached hydrogen (secondary N) is 1. The van der Waals surface area contributed by atoms with Gasteiger partial charge in [0.2, 0.25) is 5.89 Å². The van der Waals surface area contributed by atoms with Gasteiger partial charge in [-0.2, -0.15) is 9.78 Å². The highest BCUT2D eigenvalue weighted by molar-refractivity contribution is 6.31. The Hall–Kier alpha value is -3.68. The molecule has 1 N–H and O–H groups in total. The highest BCUT2D eigenvalue weighted by Crippen LogP contribution is 2.37. The lowest BCUT2D eigenvalue weighted by Crippen LogP contribution is -2.30. The maximum Gasteiger partial charge on any atom is 0.349 e. The number of aromatic amines is 1. The monoisotopic (exact) mass is 464 g/mol. The van der Waals surface area contributed by atoms with Crippen molar-refractivity contribution >= 4 is 34.3 Å². The summed E-state index contributed by atoms with van der Waals surface area (Å²) in [5.74, 6) is 0.0592. The van der Waals surface area contributed by atoms with Crippen molar-refractivity contribution in [2.45, 2.75) is 5.92 Å². The van der Waals surface area contributed by atoms with Crippen molar-refractivity contribution in [1.29, 1.82) is 0 Å². The van der Waals surface area contributed by atoms with E-state index >= 15 is 0 Å². The second-order valence-corrected chi connectivity index (χ2v) is 7.90. The second kappa shape index (κ2) is 8.11. The van der Waals surface area contributed by atoms with Gasteiger partial charge in [-0.3, -0.25) is 9.78 Å². The normalized spacial score (nSPS) is 12.2. The molecule has 0 amide bonds. The Morgan fingerprint density at radius 2 is 1.75 bits per heavy atom. The Balaban J connectivity index is 1.66. The largest absolute Gasteiger partial charge is 0.440 e. The van der Waals surface area contributed by atoms with E-state index in [2.05, 4.69) is 15.1 Å². The van der Waals surface area contributed by atoms with Gasteiger partial charge >= 0.3 is 5.69 Å². The molecule has 0 aliphatic heterocycles. The van der Waals surface area contributed by atoms with E-state index in [0.717, 1.165) is 27.5 Å². The quantitative estimate of drug-likeness (QED) is 0.421. The molecule has 5 aromatic rings. The second-order valence-electron chi connectivity index (χ2n) is 7.06. The summed E-state index contributed by atoms with van der Waals surface area (Å²) in [4.78, 5) is 30.3. The third kappa shape index (κ3) is 3.72. The fourth-order valence-corrected chi connectivity index (χ4v) is 3.95. The maximum absolute atomic E-state index is 12.1. The molecule has 2 aromatic heterocycles. The molecule has 0 radical (unpaired) electrons. The number of hydrogen-bond donors (Lipinski definition) is 1. The number of oxazole rings is 1. The molecule has 0 aliphatic rings. The molecule has 2 heterocycles. The van der Waals surface area contributed by atoms with Crippen molar-refractivity contribution in [1.82, 2.24) is 19.7 Å². The highest BCUT2D eigenvalue weighted by atomic mass is 35.5. The SMILES string of the molecule is O=c1cnn(-c2ccc(C(c3ccc(Cl)cc3)c3nc4ccccc4o3)c(Cl)c2)c(=O)[nH]1. The van der Waals surface area contributed by atoms with Crippen molar-refractivity contribution in [3.63, 3.8) is 0 Å². The molecule has 158 valence electrons. The van der Waals surface area contributed by atoms with Crippen LogP contribution in [-0.4, -0.2) is 19.7 Å². The molecule has 0 spiro atoms. The van der Waals surface area contributed by atoms with Crippen LogP contribution in [0.15, 0.2) is 86.9 Å². The molecule has 0 saturated heterocycles. The molecule has 0 fully saturated rings. The lowest BCUT2D eigenvalue weighted by atomic mass is 9.91. The first kappa shape index (κ1) is 20.2. The Morgan fingerprint density at radius 3 is 2.47 bits per heavy atom. The molecular weight excluding hydrogens is 451 g/mol. The first-order valence-electron chi connectivity index (χ1n) is 9.59. The number of H-pyrrole nitrogens is 1. The van der Waals surface area contributed by atoms with E-state index in [0.29, 0.717) is 27.2 Å². The first-order chi connectivity index (χ1) is 15.5. The predicted molar refractivity (Wildman–Crippen MR) is 122 cm³/mol.